The van der Waals surface area contributed by atoms with Gasteiger partial charge in [-0.2, -0.15) is 5.10 Å². The average molecular weight is 483 g/mol. The number of anilines is 1. The van der Waals surface area contributed by atoms with Crippen LogP contribution in [-0.4, -0.2) is 31.7 Å². The molecule has 0 aliphatic carbocycles. The highest BCUT2D eigenvalue weighted by atomic mass is 79.9. The van der Waals surface area contributed by atoms with Crippen molar-refractivity contribution in [3.05, 3.63) is 51.0 Å². The summed E-state index contributed by atoms with van der Waals surface area (Å²) in [5.41, 5.74) is 4.42. The minimum atomic E-state index is -0.547. The van der Waals surface area contributed by atoms with E-state index in [9.17, 15) is 9.59 Å². The number of halogens is 2. The summed E-state index contributed by atoms with van der Waals surface area (Å²) < 4.78 is 11.5. The zero-order valence-corrected chi connectivity index (χ0v) is 18.6. The Labute approximate surface area is 182 Å². The van der Waals surface area contributed by atoms with Gasteiger partial charge in [0.25, 0.3) is 0 Å². The zero-order valence-electron chi connectivity index (χ0n) is 16.2. The van der Waals surface area contributed by atoms with Crippen LogP contribution in [0, 0.1) is 6.92 Å². The maximum atomic E-state index is 12.0. The van der Waals surface area contributed by atoms with Crippen LogP contribution in [0.2, 0.25) is 5.02 Å². The zero-order chi connectivity index (χ0) is 21.4. The van der Waals surface area contributed by atoms with Crippen LogP contribution >= 0.6 is 27.5 Å². The fourth-order valence-electron chi connectivity index (χ4n) is 2.36. The lowest BCUT2D eigenvalue weighted by Gasteiger charge is -2.11. The van der Waals surface area contributed by atoms with E-state index in [2.05, 4.69) is 31.8 Å². The van der Waals surface area contributed by atoms with Gasteiger partial charge in [-0.1, -0.05) is 17.7 Å². The van der Waals surface area contributed by atoms with Crippen LogP contribution in [0.1, 0.15) is 24.5 Å². The molecule has 0 fully saturated rings. The summed E-state index contributed by atoms with van der Waals surface area (Å²) in [6.45, 7) is 4.20. The average Bonchev–Trinajstić information content (AvgIpc) is 2.65. The lowest BCUT2D eigenvalue weighted by Crippen LogP contribution is -2.24. The number of carbonyl (C=O) groups excluding carboxylic acids is 2. The van der Waals surface area contributed by atoms with Crippen molar-refractivity contribution in [3.8, 4) is 11.5 Å². The van der Waals surface area contributed by atoms with Gasteiger partial charge in [-0.05, 0) is 65.2 Å². The molecule has 0 atom stereocenters. The minimum absolute atomic E-state index is 0.376. The molecule has 9 heteroatoms. The Balaban J connectivity index is 1.93. The fourth-order valence-corrected chi connectivity index (χ4v) is 3.17. The molecule has 2 N–H and O–H groups in total. The van der Waals surface area contributed by atoms with Crippen LogP contribution in [0.4, 0.5) is 5.69 Å². The van der Waals surface area contributed by atoms with E-state index < -0.39 is 11.8 Å². The van der Waals surface area contributed by atoms with Crippen LogP contribution in [-0.2, 0) is 9.59 Å². The van der Waals surface area contributed by atoms with Crippen LogP contribution < -0.4 is 20.2 Å². The molecular formula is C20H21BrClN3O4. The first-order valence-electron chi connectivity index (χ1n) is 8.72. The molecule has 2 rings (SSSR count). The predicted molar refractivity (Wildman–Crippen MR) is 117 cm³/mol. The van der Waals surface area contributed by atoms with Crippen LogP contribution in [0.3, 0.4) is 0 Å². The van der Waals surface area contributed by atoms with Crippen LogP contribution in [0.5, 0.6) is 11.5 Å². The first-order valence-corrected chi connectivity index (χ1v) is 9.89. The fraction of sp³-hybridized carbons (Fsp3) is 0.250. The summed E-state index contributed by atoms with van der Waals surface area (Å²) in [6.07, 6.45) is 1.07. The number of rotatable bonds is 8. The lowest BCUT2D eigenvalue weighted by atomic mass is 10.2. The van der Waals surface area contributed by atoms with Gasteiger partial charge >= 0.3 is 0 Å². The first-order chi connectivity index (χ1) is 13.8. The van der Waals surface area contributed by atoms with Crippen molar-refractivity contribution in [1.29, 1.82) is 0 Å². The van der Waals surface area contributed by atoms with Crippen molar-refractivity contribution in [2.24, 2.45) is 5.10 Å². The maximum absolute atomic E-state index is 12.0. The van der Waals surface area contributed by atoms with Gasteiger partial charge in [-0.15, -0.1) is 0 Å². The Hall–Kier alpha value is -2.58. The molecule has 0 bridgehead atoms. The highest BCUT2D eigenvalue weighted by Gasteiger charge is 2.11. The molecule has 0 spiro atoms. The third-order valence-corrected chi connectivity index (χ3v) is 4.71. The van der Waals surface area contributed by atoms with E-state index in [0.717, 1.165) is 5.56 Å². The maximum Gasteiger partial charge on any atom is 0.249 e. The molecular weight excluding hydrogens is 462 g/mol. The van der Waals surface area contributed by atoms with Crippen molar-refractivity contribution in [2.45, 2.75) is 20.3 Å². The van der Waals surface area contributed by atoms with Crippen LogP contribution in [0.25, 0.3) is 0 Å². The summed E-state index contributed by atoms with van der Waals surface area (Å²) in [5, 5.41) is 7.04. The quantitative estimate of drug-likeness (QED) is 0.334. The number of hydrogen-bond donors (Lipinski definition) is 2. The number of carbonyl (C=O) groups is 2. The van der Waals surface area contributed by atoms with Crippen molar-refractivity contribution in [1.82, 2.24) is 5.43 Å². The normalized spacial score (nSPS) is 10.7. The molecule has 0 aromatic heterocycles. The number of hydrogen-bond acceptors (Lipinski definition) is 5. The van der Waals surface area contributed by atoms with E-state index >= 15 is 0 Å². The van der Waals surface area contributed by atoms with Gasteiger partial charge in [-0.25, -0.2) is 5.43 Å². The summed E-state index contributed by atoms with van der Waals surface area (Å²) >= 11 is 9.43. The number of nitrogens with one attached hydrogen (secondary N) is 2. The second-order valence-electron chi connectivity index (χ2n) is 5.95. The number of methoxy groups -OCH3 is 1. The second kappa shape index (κ2) is 10.8. The minimum Gasteiger partial charge on any atom is -0.492 e. The van der Waals surface area contributed by atoms with E-state index in [1.807, 2.05) is 13.8 Å². The summed E-state index contributed by atoms with van der Waals surface area (Å²) in [5.74, 6) is 0.104. The predicted octanol–water partition coefficient (Wildman–Crippen LogP) is 4.30. The monoisotopic (exact) mass is 481 g/mol. The second-order valence-corrected chi connectivity index (χ2v) is 7.21. The third-order valence-electron chi connectivity index (χ3n) is 3.72. The number of hydrazone groups is 1. The molecule has 0 aliphatic heterocycles. The molecule has 2 amide bonds. The topological polar surface area (TPSA) is 89.0 Å². The number of nitrogens with zero attached hydrogens (tertiary/aromatic N) is 1. The van der Waals surface area contributed by atoms with Gasteiger partial charge < -0.3 is 14.8 Å². The van der Waals surface area contributed by atoms with Gasteiger partial charge in [0.05, 0.1) is 24.4 Å². The lowest BCUT2D eigenvalue weighted by molar-refractivity contribution is -0.126. The van der Waals surface area contributed by atoms with Gasteiger partial charge in [0.2, 0.25) is 11.8 Å². The molecule has 7 nitrogen and oxygen atoms in total. The van der Waals surface area contributed by atoms with Gasteiger partial charge in [0.15, 0.2) is 11.5 Å². The number of amides is 2. The van der Waals surface area contributed by atoms with E-state index in [4.69, 9.17) is 21.1 Å². The Bertz CT molecular complexity index is 934. The van der Waals surface area contributed by atoms with E-state index in [-0.39, 0.29) is 6.42 Å². The largest absolute Gasteiger partial charge is 0.492 e. The number of benzene rings is 2. The van der Waals surface area contributed by atoms with E-state index in [1.165, 1.54) is 6.21 Å². The summed E-state index contributed by atoms with van der Waals surface area (Å²) in [7, 11) is 1.55. The van der Waals surface area contributed by atoms with E-state index in [0.29, 0.717) is 38.9 Å². The highest BCUT2D eigenvalue weighted by Crippen LogP contribution is 2.36. The molecule has 29 heavy (non-hydrogen) atoms. The summed E-state index contributed by atoms with van der Waals surface area (Å²) in [4.78, 5) is 23.9. The summed E-state index contributed by atoms with van der Waals surface area (Å²) in [6, 6.07) is 8.63. The molecule has 2 aromatic rings. The molecule has 0 aliphatic rings. The molecule has 2 aromatic carbocycles. The standard InChI is InChI=1S/C20H21BrClN3O4/c1-4-29-17-8-13(7-15(21)20(17)28-3)11-23-25-19(27)10-18(26)24-14-6-5-12(2)16(22)9-14/h5-9,11H,4,10H2,1-3H3,(H,24,26)(H,25,27). The Morgan fingerprint density at radius 1 is 1.24 bits per heavy atom. The van der Waals surface area contributed by atoms with Crippen LogP contribution in [0.15, 0.2) is 39.9 Å². The van der Waals surface area contributed by atoms with Gasteiger partial charge in [0, 0.05) is 10.7 Å². The molecule has 0 saturated carbocycles. The molecule has 0 saturated heterocycles. The number of aryl methyl sites for hydroxylation is 1. The Morgan fingerprint density at radius 3 is 2.66 bits per heavy atom. The smallest absolute Gasteiger partial charge is 0.249 e. The third kappa shape index (κ3) is 6.76. The van der Waals surface area contributed by atoms with Crippen molar-refractivity contribution in [3.63, 3.8) is 0 Å². The van der Waals surface area contributed by atoms with Gasteiger partial charge in [-0.3, -0.25) is 9.59 Å². The van der Waals surface area contributed by atoms with Crippen molar-refractivity contribution < 1.29 is 19.1 Å². The highest BCUT2D eigenvalue weighted by molar-refractivity contribution is 9.10. The Kier molecular flexibility index (Phi) is 8.48. The Morgan fingerprint density at radius 2 is 2.00 bits per heavy atom. The molecule has 0 radical (unpaired) electrons. The SMILES string of the molecule is CCOc1cc(C=NNC(=O)CC(=O)Nc2ccc(C)c(Cl)c2)cc(Br)c1OC. The van der Waals surface area contributed by atoms with Crippen molar-refractivity contribution in [2.75, 3.05) is 19.0 Å². The van der Waals surface area contributed by atoms with Gasteiger partial charge in [0.1, 0.15) is 6.42 Å². The molecule has 154 valence electrons. The molecule has 0 unspecified atom stereocenters. The first kappa shape index (κ1) is 22.7. The molecule has 0 heterocycles. The van der Waals surface area contributed by atoms with Crippen molar-refractivity contribution >= 4 is 51.2 Å². The van der Waals surface area contributed by atoms with E-state index in [1.54, 1.807) is 37.4 Å². The number of ether oxygens (including phenoxy) is 2.